The lowest BCUT2D eigenvalue weighted by atomic mass is 10.1. The first-order valence-electron chi connectivity index (χ1n) is 4.67. The van der Waals surface area contributed by atoms with Gasteiger partial charge < -0.3 is 0 Å². The summed E-state index contributed by atoms with van der Waals surface area (Å²) in [5.74, 6) is 0.682. The molecule has 2 rings (SSSR count). The molecule has 0 radical (unpaired) electrons. The monoisotopic (exact) mass is 202 g/mol. The van der Waals surface area contributed by atoms with Gasteiger partial charge >= 0.3 is 0 Å². The summed E-state index contributed by atoms with van der Waals surface area (Å²) in [4.78, 5) is 10.6. The van der Waals surface area contributed by atoms with Crippen LogP contribution in [0.3, 0.4) is 0 Å². The summed E-state index contributed by atoms with van der Waals surface area (Å²) in [7, 11) is 0. The number of nitrogens with zero attached hydrogens (tertiary/aromatic N) is 4. The molecule has 0 unspecified atom stereocenters. The van der Waals surface area contributed by atoms with E-state index in [0.29, 0.717) is 17.9 Å². The van der Waals surface area contributed by atoms with Gasteiger partial charge in [-0.25, -0.2) is 4.68 Å². The summed E-state index contributed by atoms with van der Waals surface area (Å²) in [6.45, 7) is 2.66. The molecular weight excluding hydrogens is 192 g/mol. The normalized spacial score (nSPS) is 10.2. The molecule has 0 N–H and O–H groups in total. The molecule has 0 amide bonds. The van der Waals surface area contributed by atoms with Crippen LogP contribution in [0.1, 0.15) is 17.3 Å². The third-order valence-electron chi connectivity index (χ3n) is 2.11. The lowest BCUT2D eigenvalue weighted by Crippen LogP contribution is -1.99. The topological polar surface area (TPSA) is 60.7 Å². The highest BCUT2D eigenvalue weighted by Gasteiger charge is 2.07. The molecule has 5 heteroatoms. The molecule has 5 nitrogen and oxygen atoms in total. The van der Waals surface area contributed by atoms with Crippen LogP contribution in [0, 0.1) is 0 Å². The van der Waals surface area contributed by atoms with Crippen molar-refractivity contribution in [3.05, 3.63) is 29.8 Å². The molecule has 0 saturated carbocycles. The Bertz CT molecular complexity index is 478. The van der Waals surface area contributed by atoms with E-state index in [-0.39, 0.29) is 0 Å². The molecule has 0 aliphatic rings. The summed E-state index contributed by atoms with van der Waals surface area (Å²) in [6, 6.07) is 7.21. The zero-order valence-corrected chi connectivity index (χ0v) is 8.29. The largest absolute Gasteiger partial charge is 0.298 e. The van der Waals surface area contributed by atoms with Gasteiger partial charge in [0, 0.05) is 17.7 Å². The molecular formula is C10H10N4O. The summed E-state index contributed by atoms with van der Waals surface area (Å²) < 4.78 is 1.68. The highest BCUT2D eigenvalue weighted by molar-refractivity contribution is 5.77. The van der Waals surface area contributed by atoms with Gasteiger partial charge in [-0.3, -0.25) is 4.79 Å². The Labute approximate surface area is 86.7 Å². The van der Waals surface area contributed by atoms with Gasteiger partial charge in [-0.2, -0.15) is 0 Å². The van der Waals surface area contributed by atoms with E-state index < -0.39 is 0 Å². The van der Waals surface area contributed by atoms with E-state index in [1.807, 2.05) is 19.1 Å². The van der Waals surface area contributed by atoms with Crippen LogP contribution in [-0.4, -0.2) is 26.5 Å². The number of benzene rings is 1. The second kappa shape index (κ2) is 4.00. The first-order valence-corrected chi connectivity index (χ1v) is 4.67. The van der Waals surface area contributed by atoms with Crippen LogP contribution >= 0.6 is 0 Å². The molecule has 76 valence electrons. The van der Waals surface area contributed by atoms with Gasteiger partial charge in [0.15, 0.2) is 5.82 Å². The van der Waals surface area contributed by atoms with Crippen molar-refractivity contribution >= 4 is 6.29 Å². The van der Waals surface area contributed by atoms with Crippen molar-refractivity contribution in [3.63, 3.8) is 0 Å². The number of aryl methyl sites for hydroxylation is 1. The standard InChI is InChI=1S/C10H10N4O/c1-2-14-10(11-12-13-14)9-5-3-4-8(6-9)7-15/h3-7H,2H2,1H3. The highest BCUT2D eigenvalue weighted by Crippen LogP contribution is 2.16. The van der Waals surface area contributed by atoms with Gasteiger partial charge in [-0.1, -0.05) is 18.2 Å². The van der Waals surface area contributed by atoms with Gasteiger partial charge in [-0.15, -0.1) is 5.10 Å². The van der Waals surface area contributed by atoms with Crippen LogP contribution in [0.25, 0.3) is 11.4 Å². The number of rotatable bonds is 3. The smallest absolute Gasteiger partial charge is 0.182 e. The predicted molar refractivity (Wildman–Crippen MR) is 54.3 cm³/mol. The summed E-state index contributed by atoms with van der Waals surface area (Å²) in [5, 5.41) is 11.4. The average molecular weight is 202 g/mol. The quantitative estimate of drug-likeness (QED) is 0.701. The van der Waals surface area contributed by atoms with Crippen molar-refractivity contribution in [3.8, 4) is 11.4 Å². The third-order valence-corrected chi connectivity index (χ3v) is 2.11. The number of carbonyl (C=O) groups is 1. The van der Waals surface area contributed by atoms with E-state index in [4.69, 9.17) is 0 Å². The van der Waals surface area contributed by atoms with Gasteiger partial charge in [0.2, 0.25) is 0 Å². The minimum atomic E-state index is 0.623. The molecule has 0 fully saturated rings. The summed E-state index contributed by atoms with van der Waals surface area (Å²) >= 11 is 0. The van der Waals surface area contributed by atoms with E-state index in [2.05, 4.69) is 15.5 Å². The molecule has 0 spiro atoms. The van der Waals surface area contributed by atoms with Gasteiger partial charge in [0.25, 0.3) is 0 Å². The van der Waals surface area contributed by atoms with E-state index in [1.165, 1.54) is 0 Å². The zero-order valence-electron chi connectivity index (χ0n) is 8.29. The Hall–Kier alpha value is -2.04. The maximum atomic E-state index is 10.6. The second-order valence-electron chi connectivity index (χ2n) is 3.06. The fourth-order valence-electron chi connectivity index (χ4n) is 1.38. The molecule has 0 saturated heterocycles. The Morgan fingerprint density at radius 3 is 3.07 bits per heavy atom. The number of aldehydes is 1. The highest BCUT2D eigenvalue weighted by atomic mass is 16.1. The molecule has 1 aromatic heterocycles. The summed E-state index contributed by atoms with van der Waals surface area (Å²) in [5.41, 5.74) is 1.48. The van der Waals surface area contributed by atoms with Crippen LogP contribution < -0.4 is 0 Å². The molecule has 0 aliphatic carbocycles. The van der Waals surface area contributed by atoms with Crippen molar-refractivity contribution in [1.29, 1.82) is 0 Å². The van der Waals surface area contributed by atoms with Crippen LogP contribution in [0.2, 0.25) is 0 Å². The van der Waals surface area contributed by atoms with Crippen molar-refractivity contribution in [2.75, 3.05) is 0 Å². The van der Waals surface area contributed by atoms with E-state index in [9.17, 15) is 4.79 Å². The van der Waals surface area contributed by atoms with Crippen molar-refractivity contribution in [2.24, 2.45) is 0 Å². The zero-order chi connectivity index (χ0) is 10.7. The Balaban J connectivity index is 2.48. The maximum Gasteiger partial charge on any atom is 0.182 e. The Morgan fingerprint density at radius 2 is 2.33 bits per heavy atom. The number of aromatic nitrogens is 4. The van der Waals surface area contributed by atoms with E-state index in [0.717, 1.165) is 11.8 Å². The molecule has 0 bridgehead atoms. The van der Waals surface area contributed by atoms with Gasteiger partial charge in [0.05, 0.1) is 0 Å². The summed E-state index contributed by atoms with van der Waals surface area (Å²) in [6.07, 6.45) is 0.809. The van der Waals surface area contributed by atoms with Crippen LogP contribution in [0.15, 0.2) is 24.3 Å². The molecule has 1 aromatic carbocycles. The fourth-order valence-corrected chi connectivity index (χ4v) is 1.38. The number of hydrogen-bond acceptors (Lipinski definition) is 4. The fraction of sp³-hybridized carbons (Fsp3) is 0.200. The average Bonchev–Trinajstić information content (AvgIpc) is 2.77. The number of carbonyl (C=O) groups excluding carboxylic acids is 1. The van der Waals surface area contributed by atoms with Gasteiger partial charge in [0.1, 0.15) is 6.29 Å². The van der Waals surface area contributed by atoms with E-state index in [1.54, 1.807) is 16.8 Å². The van der Waals surface area contributed by atoms with Crippen LogP contribution in [0.5, 0.6) is 0 Å². The molecule has 0 aliphatic heterocycles. The molecule has 0 atom stereocenters. The van der Waals surface area contributed by atoms with Crippen molar-refractivity contribution in [2.45, 2.75) is 13.5 Å². The lowest BCUT2D eigenvalue weighted by Gasteiger charge is -2.01. The first kappa shape index (κ1) is 9.51. The molecule has 2 aromatic rings. The lowest BCUT2D eigenvalue weighted by molar-refractivity contribution is 0.112. The van der Waals surface area contributed by atoms with Crippen LogP contribution in [0.4, 0.5) is 0 Å². The maximum absolute atomic E-state index is 10.6. The number of tetrazole rings is 1. The van der Waals surface area contributed by atoms with Gasteiger partial charge in [-0.05, 0) is 23.4 Å². The van der Waals surface area contributed by atoms with E-state index >= 15 is 0 Å². The van der Waals surface area contributed by atoms with Crippen LogP contribution in [-0.2, 0) is 6.54 Å². The minimum absolute atomic E-state index is 0.623. The molecule has 15 heavy (non-hydrogen) atoms. The Morgan fingerprint density at radius 1 is 1.47 bits per heavy atom. The van der Waals surface area contributed by atoms with Crippen molar-refractivity contribution < 1.29 is 4.79 Å². The number of hydrogen-bond donors (Lipinski definition) is 0. The van der Waals surface area contributed by atoms with Crippen molar-refractivity contribution in [1.82, 2.24) is 20.2 Å². The first-order chi connectivity index (χ1) is 7.35. The molecule has 1 heterocycles. The second-order valence-corrected chi connectivity index (χ2v) is 3.06. The Kier molecular flexibility index (Phi) is 2.53. The minimum Gasteiger partial charge on any atom is -0.298 e. The third kappa shape index (κ3) is 1.76. The predicted octanol–water partition coefficient (Wildman–Crippen LogP) is 1.17. The SMILES string of the molecule is CCn1nnnc1-c1cccc(C=O)c1.